The first-order valence-corrected chi connectivity index (χ1v) is 8.96. The van der Waals surface area contributed by atoms with Gasteiger partial charge in [-0.05, 0) is 79.6 Å². The lowest BCUT2D eigenvalue weighted by molar-refractivity contribution is -0.122. The van der Waals surface area contributed by atoms with Crippen molar-refractivity contribution in [2.45, 2.75) is 20.8 Å². The molecule has 4 nitrogen and oxygen atoms in total. The van der Waals surface area contributed by atoms with E-state index in [0.717, 1.165) is 22.4 Å². The molecule has 1 fully saturated rings. The fraction of sp³-hybridized carbons (Fsp3) is 0.200. The molecule has 0 spiro atoms. The van der Waals surface area contributed by atoms with Crippen molar-refractivity contribution in [2.24, 2.45) is 4.99 Å². The van der Waals surface area contributed by atoms with Gasteiger partial charge in [0, 0.05) is 6.54 Å². The van der Waals surface area contributed by atoms with Crippen LogP contribution in [0.5, 0.6) is 5.75 Å². The number of carbonyl (C=O) groups is 1. The summed E-state index contributed by atoms with van der Waals surface area (Å²) in [6.07, 6.45) is 1.86. The number of aromatic hydroxyl groups is 1. The Morgan fingerprint density at radius 3 is 2.40 bits per heavy atom. The summed E-state index contributed by atoms with van der Waals surface area (Å²) in [4.78, 5) is 19.6. The van der Waals surface area contributed by atoms with E-state index in [1.54, 1.807) is 4.90 Å². The van der Waals surface area contributed by atoms with Gasteiger partial charge in [-0.15, -0.1) is 0 Å². The summed E-state index contributed by atoms with van der Waals surface area (Å²) in [6.45, 7) is 6.22. The predicted molar refractivity (Wildman–Crippen MR) is 104 cm³/mol. The Balaban J connectivity index is 1.96. The highest BCUT2D eigenvalue weighted by molar-refractivity contribution is 8.18. The SMILES string of the molecule is CCN1C(=O)C(=Cc2cc(C)c(O)c(C)c2)SC1=Nc1ccccc1. The number of rotatable bonds is 3. The van der Waals surface area contributed by atoms with Gasteiger partial charge in [0.05, 0.1) is 10.6 Å². The van der Waals surface area contributed by atoms with Crippen molar-refractivity contribution in [1.29, 1.82) is 0 Å². The molecule has 1 N–H and O–H groups in total. The second kappa shape index (κ2) is 7.15. The molecule has 0 atom stereocenters. The van der Waals surface area contributed by atoms with E-state index >= 15 is 0 Å². The molecule has 0 aromatic heterocycles. The van der Waals surface area contributed by atoms with E-state index in [9.17, 15) is 9.90 Å². The molecule has 5 heteroatoms. The lowest BCUT2D eigenvalue weighted by Gasteiger charge is -2.11. The number of hydrogen-bond donors (Lipinski definition) is 1. The number of thioether (sulfide) groups is 1. The van der Waals surface area contributed by atoms with Crippen LogP contribution in [0.15, 0.2) is 52.4 Å². The maximum Gasteiger partial charge on any atom is 0.266 e. The number of aryl methyl sites for hydroxylation is 2. The number of amidine groups is 1. The van der Waals surface area contributed by atoms with Crippen molar-refractivity contribution in [1.82, 2.24) is 4.90 Å². The Bertz CT molecular complexity index is 850. The van der Waals surface area contributed by atoms with Gasteiger partial charge >= 0.3 is 0 Å². The quantitative estimate of drug-likeness (QED) is 0.819. The number of benzene rings is 2. The molecule has 25 heavy (non-hydrogen) atoms. The van der Waals surface area contributed by atoms with Gasteiger partial charge in [-0.2, -0.15) is 0 Å². The van der Waals surface area contributed by atoms with Gasteiger partial charge in [-0.25, -0.2) is 4.99 Å². The van der Waals surface area contributed by atoms with E-state index < -0.39 is 0 Å². The number of phenols is 1. The molecule has 1 aliphatic heterocycles. The van der Waals surface area contributed by atoms with Gasteiger partial charge in [0.1, 0.15) is 5.75 Å². The lowest BCUT2D eigenvalue weighted by atomic mass is 10.1. The van der Waals surface area contributed by atoms with E-state index in [1.165, 1.54) is 11.8 Å². The fourth-order valence-corrected chi connectivity index (χ4v) is 3.77. The summed E-state index contributed by atoms with van der Waals surface area (Å²) in [5.74, 6) is 0.264. The molecule has 1 aliphatic rings. The van der Waals surface area contributed by atoms with Crippen LogP contribution in [0.3, 0.4) is 0 Å². The summed E-state index contributed by atoms with van der Waals surface area (Å²) in [5.41, 5.74) is 3.33. The number of nitrogens with zero attached hydrogens (tertiary/aromatic N) is 2. The number of amides is 1. The van der Waals surface area contributed by atoms with Gasteiger partial charge in [0.25, 0.3) is 5.91 Å². The maximum atomic E-state index is 12.7. The van der Waals surface area contributed by atoms with Crippen molar-refractivity contribution >= 4 is 34.6 Å². The number of likely N-dealkylation sites (N-methyl/N-ethyl adjacent to an activating group) is 1. The molecule has 0 bridgehead atoms. The van der Waals surface area contributed by atoms with Crippen LogP contribution in [-0.4, -0.2) is 27.6 Å². The fourth-order valence-electron chi connectivity index (χ4n) is 2.71. The molecule has 1 saturated heterocycles. The molecule has 1 amide bonds. The summed E-state index contributed by atoms with van der Waals surface area (Å²) >= 11 is 1.38. The number of phenolic OH excluding ortho intramolecular Hbond substituents is 1. The molecule has 128 valence electrons. The first kappa shape index (κ1) is 17.3. The normalized spacial score (nSPS) is 17.7. The molecular formula is C20H20N2O2S. The van der Waals surface area contributed by atoms with Crippen molar-refractivity contribution in [3.63, 3.8) is 0 Å². The molecular weight excluding hydrogens is 332 g/mol. The molecule has 0 unspecified atom stereocenters. The third-order valence-corrected chi connectivity index (χ3v) is 5.00. The Hall–Kier alpha value is -2.53. The zero-order chi connectivity index (χ0) is 18.0. The van der Waals surface area contributed by atoms with Crippen LogP contribution >= 0.6 is 11.8 Å². The third kappa shape index (κ3) is 3.61. The minimum Gasteiger partial charge on any atom is -0.507 e. The zero-order valence-electron chi connectivity index (χ0n) is 14.5. The monoisotopic (exact) mass is 352 g/mol. The smallest absolute Gasteiger partial charge is 0.266 e. The van der Waals surface area contributed by atoms with Crippen LogP contribution in [0.1, 0.15) is 23.6 Å². The van der Waals surface area contributed by atoms with Crippen LogP contribution in [0, 0.1) is 13.8 Å². The topological polar surface area (TPSA) is 52.9 Å². The van der Waals surface area contributed by atoms with E-state index in [1.807, 2.05) is 69.3 Å². The molecule has 0 aliphatic carbocycles. The van der Waals surface area contributed by atoms with Crippen molar-refractivity contribution in [3.8, 4) is 5.75 Å². The highest BCUT2D eigenvalue weighted by Gasteiger charge is 2.32. The average molecular weight is 352 g/mol. The van der Waals surface area contributed by atoms with Crippen LogP contribution in [0.4, 0.5) is 5.69 Å². The molecule has 2 aromatic carbocycles. The molecule has 0 saturated carbocycles. The Kier molecular flexibility index (Phi) is 4.95. The Labute approximate surface area is 151 Å². The number of aliphatic imine (C=N–C) groups is 1. The number of hydrogen-bond acceptors (Lipinski definition) is 4. The van der Waals surface area contributed by atoms with E-state index in [-0.39, 0.29) is 5.91 Å². The van der Waals surface area contributed by atoms with Gasteiger partial charge < -0.3 is 5.11 Å². The number of carbonyl (C=O) groups excluding carboxylic acids is 1. The van der Waals surface area contributed by atoms with Crippen molar-refractivity contribution in [2.75, 3.05) is 6.54 Å². The summed E-state index contributed by atoms with van der Waals surface area (Å²) in [5, 5.41) is 10.6. The lowest BCUT2D eigenvalue weighted by Crippen LogP contribution is -2.28. The standard InChI is InChI=1S/C20H20N2O2S/c1-4-22-19(24)17(12-15-10-13(2)18(23)14(3)11-15)25-20(22)21-16-8-6-5-7-9-16/h5-12,23H,4H2,1-3H3. The van der Waals surface area contributed by atoms with E-state index in [4.69, 9.17) is 0 Å². The number of para-hydroxylation sites is 1. The molecule has 2 aromatic rings. The first-order valence-electron chi connectivity index (χ1n) is 8.15. The summed E-state index contributed by atoms with van der Waals surface area (Å²) in [6, 6.07) is 13.4. The van der Waals surface area contributed by atoms with Crippen LogP contribution in [0.2, 0.25) is 0 Å². The average Bonchev–Trinajstić information content (AvgIpc) is 2.88. The second-order valence-corrected chi connectivity index (χ2v) is 6.90. The van der Waals surface area contributed by atoms with E-state index in [0.29, 0.717) is 22.4 Å². The third-order valence-electron chi connectivity index (χ3n) is 4.00. The first-order chi connectivity index (χ1) is 12.0. The van der Waals surface area contributed by atoms with Crippen LogP contribution in [0.25, 0.3) is 6.08 Å². The zero-order valence-corrected chi connectivity index (χ0v) is 15.3. The Morgan fingerprint density at radius 1 is 1.16 bits per heavy atom. The summed E-state index contributed by atoms with van der Waals surface area (Å²) < 4.78 is 0. The predicted octanol–water partition coefficient (Wildman–Crippen LogP) is 4.63. The van der Waals surface area contributed by atoms with Gasteiger partial charge in [0.15, 0.2) is 5.17 Å². The summed E-state index contributed by atoms with van der Waals surface area (Å²) in [7, 11) is 0. The van der Waals surface area contributed by atoms with Crippen molar-refractivity contribution < 1.29 is 9.90 Å². The Morgan fingerprint density at radius 2 is 1.80 bits per heavy atom. The highest BCUT2D eigenvalue weighted by atomic mass is 32.2. The molecule has 1 heterocycles. The van der Waals surface area contributed by atoms with Gasteiger partial charge in [-0.1, -0.05) is 18.2 Å². The second-order valence-electron chi connectivity index (χ2n) is 5.89. The minimum atomic E-state index is -0.0365. The minimum absolute atomic E-state index is 0.0365. The van der Waals surface area contributed by atoms with Crippen LogP contribution < -0.4 is 0 Å². The molecule has 3 rings (SSSR count). The van der Waals surface area contributed by atoms with Gasteiger partial charge in [0.2, 0.25) is 0 Å². The van der Waals surface area contributed by atoms with Crippen LogP contribution in [-0.2, 0) is 4.79 Å². The molecule has 0 radical (unpaired) electrons. The van der Waals surface area contributed by atoms with Crippen molar-refractivity contribution in [3.05, 3.63) is 64.1 Å². The van der Waals surface area contributed by atoms with Gasteiger partial charge in [-0.3, -0.25) is 9.69 Å². The maximum absolute atomic E-state index is 12.7. The highest BCUT2D eigenvalue weighted by Crippen LogP contribution is 2.34. The van der Waals surface area contributed by atoms with E-state index in [2.05, 4.69) is 4.99 Å². The largest absolute Gasteiger partial charge is 0.507 e.